The van der Waals surface area contributed by atoms with Gasteiger partial charge in [0.25, 0.3) is 0 Å². The van der Waals surface area contributed by atoms with Crippen LogP contribution in [0, 0.1) is 5.82 Å². The lowest BCUT2D eigenvalue weighted by molar-refractivity contribution is 0.231. The molecule has 0 aliphatic rings. The van der Waals surface area contributed by atoms with Gasteiger partial charge in [0.2, 0.25) is 0 Å². The first-order valence-corrected chi connectivity index (χ1v) is 7.73. The van der Waals surface area contributed by atoms with Crippen LogP contribution >= 0.6 is 11.8 Å². The highest BCUT2D eigenvalue weighted by molar-refractivity contribution is 7.98. The molecule has 0 radical (unpaired) electrons. The average molecular weight is 286 g/mol. The van der Waals surface area contributed by atoms with Crippen molar-refractivity contribution in [2.24, 2.45) is 0 Å². The fourth-order valence-corrected chi connectivity index (χ4v) is 2.50. The van der Waals surface area contributed by atoms with Crippen molar-refractivity contribution in [3.8, 4) is 5.75 Å². The molecule has 1 aromatic carbocycles. The molecule has 0 spiro atoms. The SMILES string of the molecule is CSCC(C)N(C)c1cc(OC(C)C)c(F)cc1N. The molecule has 1 atom stereocenters. The van der Waals surface area contributed by atoms with E-state index in [1.54, 1.807) is 17.8 Å². The molecular formula is C14H23FN2OS. The van der Waals surface area contributed by atoms with Gasteiger partial charge in [-0.3, -0.25) is 0 Å². The highest BCUT2D eigenvalue weighted by Gasteiger charge is 2.16. The molecule has 1 unspecified atom stereocenters. The maximum Gasteiger partial charge on any atom is 0.167 e. The molecule has 0 saturated carbocycles. The quantitative estimate of drug-likeness (QED) is 0.814. The number of nitrogen functional groups attached to an aromatic ring is 1. The molecule has 0 aromatic heterocycles. The maximum atomic E-state index is 13.8. The van der Waals surface area contributed by atoms with Crippen molar-refractivity contribution < 1.29 is 9.13 Å². The summed E-state index contributed by atoms with van der Waals surface area (Å²) in [6.07, 6.45) is 1.99. The van der Waals surface area contributed by atoms with Gasteiger partial charge < -0.3 is 15.4 Å². The van der Waals surface area contributed by atoms with Crippen LogP contribution in [0.4, 0.5) is 15.8 Å². The predicted molar refractivity (Wildman–Crippen MR) is 82.8 cm³/mol. The Bertz CT molecular complexity index is 426. The summed E-state index contributed by atoms with van der Waals surface area (Å²) in [7, 11) is 1.96. The molecule has 1 rings (SSSR count). The summed E-state index contributed by atoms with van der Waals surface area (Å²) >= 11 is 1.77. The molecule has 0 saturated heterocycles. The van der Waals surface area contributed by atoms with Crippen LogP contribution in [-0.4, -0.2) is 31.2 Å². The fourth-order valence-electron chi connectivity index (χ4n) is 1.80. The van der Waals surface area contributed by atoms with Crippen LogP contribution in [0.15, 0.2) is 12.1 Å². The Morgan fingerprint density at radius 2 is 2.00 bits per heavy atom. The molecule has 5 heteroatoms. The van der Waals surface area contributed by atoms with E-state index >= 15 is 0 Å². The molecule has 1 aromatic rings. The van der Waals surface area contributed by atoms with E-state index in [4.69, 9.17) is 10.5 Å². The van der Waals surface area contributed by atoms with Gasteiger partial charge >= 0.3 is 0 Å². The number of halogens is 1. The Balaban J connectivity index is 3.06. The highest BCUT2D eigenvalue weighted by Crippen LogP contribution is 2.32. The van der Waals surface area contributed by atoms with Crippen molar-refractivity contribution in [1.29, 1.82) is 0 Å². The van der Waals surface area contributed by atoms with Crippen molar-refractivity contribution in [3.05, 3.63) is 17.9 Å². The summed E-state index contributed by atoms with van der Waals surface area (Å²) in [4.78, 5) is 2.05. The smallest absolute Gasteiger partial charge is 0.167 e. The summed E-state index contributed by atoms with van der Waals surface area (Å²) < 4.78 is 19.2. The largest absolute Gasteiger partial charge is 0.488 e. The first-order valence-electron chi connectivity index (χ1n) is 6.34. The normalized spacial score (nSPS) is 12.6. The van der Waals surface area contributed by atoms with Gasteiger partial charge in [0.05, 0.1) is 17.5 Å². The van der Waals surface area contributed by atoms with Crippen molar-refractivity contribution in [1.82, 2.24) is 0 Å². The summed E-state index contributed by atoms with van der Waals surface area (Å²) in [5, 5.41) is 0. The zero-order chi connectivity index (χ0) is 14.6. The number of nitrogens with two attached hydrogens (primary N) is 1. The van der Waals surface area contributed by atoms with Gasteiger partial charge in [-0.05, 0) is 27.0 Å². The molecule has 0 heterocycles. The monoisotopic (exact) mass is 286 g/mol. The van der Waals surface area contributed by atoms with Crippen molar-refractivity contribution >= 4 is 23.1 Å². The van der Waals surface area contributed by atoms with Gasteiger partial charge in [-0.1, -0.05) is 0 Å². The van der Waals surface area contributed by atoms with E-state index in [0.29, 0.717) is 11.7 Å². The minimum absolute atomic E-state index is 0.0695. The van der Waals surface area contributed by atoms with Crippen LogP contribution in [0.5, 0.6) is 5.75 Å². The van der Waals surface area contributed by atoms with Gasteiger partial charge in [0, 0.05) is 31.0 Å². The average Bonchev–Trinajstić information content (AvgIpc) is 2.31. The summed E-state index contributed by atoms with van der Waals surface area (Å²) in [6.45, 7) is 5.85. The van der Waals surface area contributed by atoms with Crippen molar-refractivity contribution in [2.75, 3.05) is 29.7 Å². The van der Waals surface area contributed by atoms with E-state index in [9.17, 15) is 4.39 Å². The number of rotatable bonds is 6. The molecule has 108 valence electrons. The summed E-state index contributed by atoms with van der Waals surface area (Å²) in [6, 6.07) is 3.33. The van der Waals surface area contributed by atoms with E-state index in [1.165, 1.54) is 6.07 Å². The second kappa shape index (κ2) is 6.89. The van der Waals surface area contributed by atoms with Gasteiger partial charge in [-0.25, -0.2) is 4.39 Å². The Morgan fingerprint density at radius 3 is 2.53 bits per heavy atom. The minimum Gasteiger partial charge on any atom is -0.488 e. The Morgan fingerprint density at radius 1 is 1.37 bits per heavy atom. The Hall–Kier alpha value is -1.10. The summed E-state index contributed by atoms with van der Waals surface area (Å²) in [5.41, 5.74) is 7.15. The van der Waals surface area contributed by atoms with Crippen LogP contribution < -0.4 is 15.4 Å². The van der Waals surface area contributed by atoms with Crippen LogP contribution in [0.1, 0.15) is 20.8 Å². The van der Waals surface area contributed by atoms with Crippen molar-refractivity contribution in [3.63, 3.8) is 0 Å². The lowest BCUT2D eigenvalue weighted by atomic mass is 10.2. The molecule has 0 bridgehead atoms. The third kappa shape index (κ3) is 4.20. The zero-order valence-corrected chi connectivity index (χ0v) is 13.1. The number of ether oxygens (including phenoxy) is 1. The van der Waals surface area contributed by atoms with E-state index in [0.717, 1.165) is 11.4 Å². The van der Waals surface area contributed by atoms with Crippen LogP contribution in [-0.2, 0) is 0 Å². The van der Waals surface area contributed by atoms with Gasteiger partial charge in [0.1, 0.15) is 0 Å². The number of anilines is 2. The first kappa shape index (κ1) is 16.0. The molecule has 2 N–H and O–H groups in total. The Labute approximate surface area is 119 Å². The molecule has 0 aliphatic heterocycles. The van der Waals surface area contributed by atoms with E-state index < -0.39 is 5.82 Å². The number of hydrogen-bond acceptors (Lipinski definition) is 4. The zero-order valence-electron chi connectivity index (χ0n) is 12.2. The van der Waals surface area contributed by atoms with Crippen LogP contribution in [0.25, 0.3) is 0 Å². The van der Waals surface area contributed by atoms with Crippen LogP contribution in [0.3, 0.4) is 0 Å². The van der Waals surface area contributed by atoms with Crippen LogP contribution in [0.2, 0.25) is 0 Å². The lowest BCUT2D eigenvalue weighted by Crippen LogP contribution is -2.31. The third-order valence-corrected chi connectivity index (χ3v) is 3.71. The third-order valence-electron chi connectivity index (χ3n) is 2.89. The standard InChI is InChI=1S/C14H23FN2OS/c1-9(2)18-14-7-13(12(16)6-11(14)15)17(4)10(3)8-19-5/h6-7,9-10H,8,16H2,1-5H3. The summed E-state index contributed by atoms with van der Waals surface area (Å²) in [5.74, 6) is 0.816. The van der Waals surface area contributed by atoms with E-state index in [-0.39, 0.29) is 11.9 Å². The van der Waals surface area contributed by atoms with E-state index in [2.05, 4.69) is 18.1 Å². The predicted octanol–water partition coefficient (Wildman–Crippen LogP) is 3.38. The fraction of sp³-hybridized carbons (Fsp3) is 0.571. The second-order valence-corrected chi connectivity index (χ2v) is 5.83. The lowest BCUT2D eigenvalue weighted by Gasteiger charge is -2.28. The molecule has 0 amide bonds. The maximum absolute atomic E-state index is 13.8. The number of benzene rings is 1. The molecule has 19 heavy (non-hydrogen) atoms. The molecule has 0 fully saturated rings. The molecule has 3 nitrogen and oxygen atoms in total. The second-order valence-electron chi connectivity index (χ2n) is 4.92. The van der Waals surface area contributed by atoms with Crippen molar-refractivity contribution in [2.45, 2.75) is 32.9 Å². The molecular weight excluding hydrogens is 263 g/mol. The number of thioether (sulfide) groups is 1. The topological polar surface area (TPSA) is 38.5 Å². The molecule has 0 aliphatic carbocycles. The minimum atomic E-state index is -0.416. The van der Waals surface area contributed by atoms with Gasteiger partial charge in [-0.2, -0.15) is 11.8 Å². The Kier molecular flexibility index (Phi) is 5.79. The number of hydrogen-bond donors (Lipinski definition) is 1. The van der Waals surface area contributed by atoms with Gasteiger partial charge in [0.15, 0.2) is 11.6 Å². The highest BCUT2D eigenvalue weighted by atomic mass is 32.2. The van der Waals surface area contributed by atoms with E-state index in [1.807, 2.05) is 20.9 Å². The first-order chi connectivity index (χ1) is 8.86. The number of nitrogens with zero attached hydrogens (tertiary/aromatic N) is 1. The van der Waals surface area contributed by atoms with Gasteiger partial charge in [-0.15, -0.1) is 0 Å².